The molecule has 0 N–H and O–H groups in total. The van der Waals surface area contributed by atoms with E-state index in [1.165, 1.54) is 0 Å². The number of esters is 1. The van der Waals surface area contributed by atoms with Gasteiger partial charge in [0.15, 0.2) is 5.69 Å². The Kier molecular flexibility index (Phi) is 4.07. The molecule has 0 atom stereocenters. The summed E-state index contributed by atoms with van der Waals surface area (Å²) in [7, 11) is 0. The number of rotatable bonds is 5. The van der Waals surface area contributed by atoms with Crippen molar-refractivity contribution in [3.05, 3.63) is 53.9 Å². The molecule has 1 aromatic carbocycles. The van der Waals surface area contributed by atoms with Crippen LogP contribution in [0.5, 0.6) is 0 Å². The van der Waals surface area contributed by atoms with E-state index in [9.17, 15) is 4.79 Å². The Morgan fingerprint density at radius 3 is 2.79 bits per heavy atom. The van der Waals surface area contributed by atoms with Gasteiger partial charge in [-0.25, -0.2) is 9.48 Å². The lowest BCUT2D eigenvalue weighted by atomic mass is 10.2. The number of carbonyl (C=O) groups is 1. The van der Waals surface area contributed by atoms with Crippen molar-refractivity contribution in [2.24, 2.45) is 0 Å². The fourth-order valence-electron chi connectivity index (χ4n) is 1.74. The van der Waals surface area contributed by atoms with Crippen molar-refractivity contribution in [3.8, 4) is 0 Å². The van der Waals surface area contributed by atoms with Crippen molar-refractivity contribution in [1.82, 2.24) is 15.0 Å². The van der Waals surface area contributed by atoms with Crippen LogP contribution < -0.4 is 0 Å². The van der Waals surface area contributed by atoms with Crippen LogP contribution >= 0.6 is 0 Å². The Bertz CT molecular complexity index is 576. The molecule has 5 nitrogen and oxygen atoms in total. The molecule has 0 aliphatic heterocycles. The second-order valence-electron chi connectivity index (χ2n) is 3.89. The predicted molar refractivity (Wildman–Crippen MR) is 71.6 cm³/mol. The molecule has 19 heavy (non-hydrogen) atoms. The fraction of sp³-hybridized carbons (Fsp3) is 0.214. The van der Waals surface area contributed by atoms with Crippen LogP contribution in [-0.2, 0) is 11.3 Å². The van der Waals surface area contributed by atoms with E-state index in [0.717, 1.165) is 5.56 Å². The average Bonchev–Trinajstić information content (AvgIpc) is 2.83. The number of hydrogen-bond donors (Lipinski definition) is 0. The summed E-state index contributed by atoms with van der Waals surface area (Å²) in [6.07, 6.45) is 1.56. The van der Waals surface area contributed by atoms with E-state index < -0.39 is 5.97 Å². The molecule has 0 saturated carbocycles. The standard InChI is InChI=1S/C14H15N3O2/c1-3-12-13(14(18)19-4-2)15-16-17(12)10-11-8-6-5-7-9-11/h3,5-9H,1,4,10H2,2H3. The van der Waals surface area contributed by atoms with Gasteiger partial charge < -0.3 is 4.74 Å². The number of aromatic nitrogens is 3. The van der Waals surface area contributed by atoms with Gasteiger partial charge in [-0.05, 0) is 18.6 Å². The highest BCUT2D eigenvalue weighted by Crippen LogP contribution is 2.11. The van der Waals surface area contributed by atoms with Gasteiger partial charge in [0.2, 0.25) is 0 Å². The second kappa shape index (κ2) is 5.95. The third-order valence-corrected chi connectivity index (χ3v) is 2.61. The van der Waals surface area contributed by atoms with Crippen LogP contribution in [0.1, 0.15) is 28.7 Å². The molecule has 2 rings (SSSR count). The Hall–Kier alpha value is -2.43. The highest BCUT2D eigenvalue weighted by atomic mass is 16.5. The first-order valence-corrected chi connectivity index (χ1v) is 6.03. The number of ether oxygens (including phenoxy) is 1. The maximum atomic E-state index is 11.7. The largest absolute Gasteiger partial charge is 0.461 e. The first-order valence-electron chi connectivity index (χ1n) is 6.03. The van der Waals surface area contributed by atoms with Crippen LogP contribution in [0, 0.1) is 0 Å². The Morgan fingerprint density at radius 2 is 2.16 bits per heavy atom. The van der Waals surface area contributed by atoms with Crippen LogP contribution in [0.15, 0.2) is 36.9 Å². The first kappa shape index (κ1) is 13.0. The quantitative estimate of drug-likeness (QED) is 0.770. The zero-order valence-corrected chi connectivity index (χ0v) is 10.7. The molecule has 2 aromatic rings. The van der Waals surface area contributed by atoms with E-state index in [1.807, 2.05) is 30.3 Å². The molecule has 0 aliphatic carbocycles. The van der Waals surface area contributed by atoms with E-state index in [0.29, 0.717) is 18.8 Å². The molecule has 0 radical (unpaired) electrons. The third-order valence-electron chi connectivity index (χ3n) is 2.61. The van der Waals surface area contributed by atoms with Gasteiger partial charge in [0.05, 0.1) is 18.8 Å². The Balaban J connectivity index is 2.27. The van der Waals surface area contributed by atoms with Gasteiger partial charge in [-0.15, -0.1) is 5.10 Å². The maximum absolute atomic E-state index is 11.7. The Morgan fingerprint density at radius 1 is 1.42 bits per heavy atom. The van der Waals surface area contributed by atoms with Gasteiger partial charge in [-0.2, -0.15) is 0 Å². The van der Waals surface area contributed by atoms with Gasteiger partial charge in [-0.3, -0.25) is 0 Å². The maximum Gasteiger partial charge on any atom is 0.361 e. The summed E-state index contributed by atoms with van der Waals surface area (Å²) in [5.74, 6) is -0.475. The van der Waals surface area contributed by atoms with Crippen molar-refractivity contribution in [2.75, 3.05) is 6.61 Å². The molecular formula is C14H15N3O2. The zero-order chi connectivity index (χ0) is 13.7. The summed E-state index contributed by atoms with van der Waals surface area (Å²) in [4.78, 5) is 11.7. The van der Waals surface area contributed by atoms with Crippen molar-refractivity contribution in [3.63, 3.8) is 0 Å². The molecule has 5 heteroatoms. The summed E-state index contributed by atoms with van der Waals surface area (Å²) in [6, 6.07) is 9.82. The van der Waals surface area contributed by atoms with E-state index in [1.54, 1.807) is 17.7 Å². The molecule has 0 fully saturated rings. The Labute approximate surface area is 111 Å². The van der Waals surface area contributed by atoms with Gasteiger partial charge in [0.25, 0.3) is 0 Å². The molecular weight excluding hydrogens is 242 g/mol. The molecule has 1 aromatic heterocycles. The number of hydrogen-bond acceptors (Lipinski definition) is 4. The van der Waals surface area contributed by atoms with Crippen molar-refractivity contribution in [1.29, 1.82) is 0 Å². The molecule has 0 spiro atoms. The molecule has 0 amide bonds. The lowest BCUT2D eigenvalue weighted by Crippen LogP contribution is -2.09. The van der Waals surface area contributed by atoms with E-state index in [-0.39, 0.29) is 5.69 Å². The fourth-order valence-corrected chi connectivity index (χ4v) is 1.74. The summed E-state index contributed by atoms with van der Waals surface area (Å²) in [5.41, 5.74) is 1.85. The van der Waals surface area contributed by atoms with Crippen LogP contribution in [-0.4, -0.2) is 27.6 Å². The van der Waals surface area contributed by atoms with Gasteiger partial charge in [-0.1, -0.05) is 42.1 Å². The van der Waals surface area contributed by atoms with Gasteiger partial charge in [0, 0.05) is 0 Å². The lowest BCUT2D eigenvalue weighted by molar-refractivity contribution is 0.0519. The average molecular weight is 257 g/mol. The highest BCUT2D eigenvalue weighted by molar-refractivity contribution is 5.90. The minimum atomic E-state index is -0.475. The van der Waals surface area contributed by atoms with Crippen LogP contribution in [0.3, 0.4) is 0 Å². The summed E-state index contributed by atoms with van der Waals surface area (Å²) in [5, 5.41) is 7.85. The zero-order valence-electron chi connectivity index (χ0n) is 10.7. The predicted octanol–water partition coefficient (Wildman–Crippen LogP) is 2.15. The van der Waals surface area contributed by atoms with Crippen molar-refractivity contribution >= 4 is 12.0 Å². The van der Waals surface area contributed by atoms with Crippen molar-refractivity contribution < 1.29 is 9.53 Å². The second-order valence-corrected chi connectivity index (χ2v) is 3.89. The molecule has 98 valence electrons. The molecule has 0 bridgehead atoms. The van der Waals surface area contributed by atoms with Gasteiger partial charge >= 0.3 is 5.97 Å². The number of nitrogens with zero attached hydrogens (tertiary/aromatic N) is 3. The monoisotopic (exact) mass is 257 g/mol. The first-order chi connectivity index (χ1) is 9.26. The molecule has 0 saturated heterocycles. The van der Waals surface area contributed by atoms with E-state index in [2.05, 4.69) is 16.9 Å². The minimum absolute atomic E-state index is 0.202. The molecule has 0 unspecified atom stereocenters. The highest BCUT2D eigenvalue weighted by Gasteiger charge is 2.18. The van der Waals surface area contributed by atoms with Crippen LogP contribution in [0.25, 0.3) is 6.08 Å². The van der Waals surface area contributed by atoms with E-state index in [4.69, 9.17) is 4.74 Å². The van der Waals surface area contributed by atoms with Crippen LogP contribution in [0.4, 0.5) is 0 Å². The smallest absolute Gasteiger partial charge is 0.361 e. The summed E-state index contributed by atoms with van der Waals surface area (Å²) >= 11 is 0. The summed E-state index contributed by atoms with van der Waals surface area (Å²) in [6.45, 7) is 6.29. The minimum Gasteiger partial charge on any atom is -0.461 e. The summed E-state index contributed by atoms with van der Waals surface area (Å²) < 4.78 is 6.56. The van der Waals surface area contributed by atoms with Gasteiger partial charge in [0.1, 0.15) is 0 Å². The number of carbonyl (C=O) groups excluding carboxylic acids is 1. The topological polar surface area (TPSA) is 57.0 Å². The lowest BCUT2D eigenvalue weighted by Gasteiger charge is -2.04. The molecule has 0 aliphatic rings. The van der Waals surface area contributed by atoms with Crippen LogP contribution in [0.2, 0.25) is 0 Å². The normalized spacial score (nSPS) is 10.2. The van der Waals surface area contributed by atoms with E-state index >= 15 is 0 Å². The molecule has 1 heterocycles. The number of benzene rings is 1. The van der Waals surface area contributed by atoms with Crippen molar-refractivity contribution in [2.45, 2.75) is 13.5 Å². The SMILES string of the molecule is C=Cc1c(C(=O)OCC)nnn1Cc1ccccc1. The third kappa shape index (κ3) is 2.88.